The Bertz CT molecular complexity index is 826. The molecule has 2 aliphatic rings. The third kappa shape index (κ3) is 4.81. The van der Waals surface area contributed by atoms with Gasteiger partial charge < -0.3 is 10.2 Å². The molecule has 160 valence electrons. The molecule has 2 fully saturated rings. The first-order chi connectivity index (χ1) is 12.9. The van der Waals surface area contributed by atoms with E-state index in [9.17, 15) is 18.0 Å². The molecule has 12 heteroatoms. The number of rotatable bonds is 2. The fraction of sp³-hybridized carbons (Fsp3) is 0.529. The fourth-order valence-corrected chi connectivity index (χ4v) is 3.73. The van der Waals surface area contributed by atoms with Crippen molar-refractivity contribution in [3.05, 3.63) is 35.8 Å². The largest absolute Gasteiger partial charge is 0.417 e. The zero-order valence-electron chi connectivity index (χ0n) is 15.4. The minimum atomic E-state index is -4.45. The fourth-order valence-electron chi connectivity index (χ4n) is 3.73. The highest BCUT2D eigenvalue weighted by molar-refractivity contribution is 5.92. The van der Waals surface area contributed by atoms with Gasteiger partial charge in [0, 0.05) is 25.8 Å². The first-order valence-electron chi connectivity index (χ1n) is 8.82. The zero-order valence-corrected chi connectivity index (χ0v) is 17.0. The summed E-state index contributed by atoms with van der Waals surface area (Å²) in [6.07, 6.45) is 0.749. The molecule has 0 aromatic carbocycles. The average Bonchev–Trinajstić information content (AvgIpc) is 3.31. The van der Waals surface area contributed by atoms with Crippen molar-refractivity contribution < 1.29 is 18.0 Å². The Labute approximate surface area is 177 Å². The van der Waals surface area contributed by atoms with Gasteiger partial charge in [0.05, 0.1) is 11.8 Å². The highest BCUT2D eigenvalue weighted by Gasteiger charge is 2.38. The number of hydrogen-bond donors (Lipinski definition) is 1. The number of carbonyl (C=O) groups excluding carboxylic acids is 1. The van der Waals surface area contributed by atoms with Gasteiger partial charge in [0.1, 0.15) is 0 Å². The SMILES string of the molecule is Cl.Cl.O=C(c1cn(-c2ccc(C(F)(F)F)cn2)nn1)N1CCC2(CCNC2)CC1. The predicted octanol–water partition coefficient (Wildman–Crippen LogP) is 2.74. The summed E-state index contributed by atoms with van der Waals surface area (Å²) < 4.78 is 39.1. The number of carbonyl (C=O) groups is 1. The highest BCUT2D eigenvalue weighted by Crippen LogP contribution is 2.37. The standard InChI is InChI=1S/C17H19F3N6O.2ClH/c18-17(19,20)12-1-2-14(22-9-12)26-10-13(23-24-26)15(27)25-7-4-16(5-8-25)3-6-21-11-16;;/h1-2,9-10,21H,3-8,11H2;2*1H. The van der Waals surface area contributed by atoms with Crippen molar-refractivity contribution >= 4 is 30.7 Å². The number of amides is 1. The molecule has 2 aromatic rings. The van der Waals surface area contributed by atoms with Gasteiger partial charge in [0.2, 0.25) is 0 Å². The van der Waals surface area contributed by atoms with E-state index in [0.717, 1.165) is 44.6 Å². The van der Waals surface area contributed by atoms with Crippen molar-refractivity contribution in [3.63, 3.8) is 0 Å². The van der Waals surface area contributed by atoms with Crippen molar-refractivity contribution in [2.75, 3.05) is 26.2 Å². The van der Waals surface area contributed by atoms with Crippen LogP contribution in [-0.2, 0) is 6.18 Å². The lowest BCUT2D eigenvalue weighted by Crippen LogP contribution is -2.44. The summed E-state index contributed by atoms with van der Waals surface area (Å²) in [5.74, 6) is -0.0434. The molecule has 4 heterocycles. The van der Waals surface area contributed by atoms with E-state index in [0.29, 0.717) is 18.5 Å². The second-order valence-electron chi connectivity index (χ2n) is 7.17. The van der Waals surface area contributed by atoms with Crippen LogP contribution < -0.4 is 5.32 Å². The minimum Gasteiger partial charge on any atom is -0.337 e. The van der Waals surface area contributed by atoms with Gasteiger partial charge in [-0.2, -0.15) is 13.2 Å². The van der Waals surface area contributed by atoms with Crippen LogP contribution in [0, 0.1) is 5.41 Å². The number of nitrogens with zero attached hydrogens (tertiary/aromatic N) is 5. The number of pyridine rings is 1. The maximum atomic E-state index is 12.7. The molecule has 1 spiro atoms. The Hall–Kier alpha value is -1.91. The summed E-state index contributed by atoms with van der Waals surface area (Å²) in [5, 5.41) is 11.1. The van der Waals surface area contributed by atoms with Crippen LogP contribution >= 0.6 is 24.8 Å². The average molecular weight is 453 g/mol. The van der Waals surface area contributed by atoms with E-state index >= 15 is 0 Å². The number of likely N-dealkylation sites (tertiary alicyclic amines) is 1. The molecular formula is C17H21Cl2F3N6O. The highest BCUT2D eigenvalue weighted by atomic mass is 35.5. The topological polar surface area (TPSA) is 75.9 Å². The number of halogens is 5. The van der Waals surface area contributed by atoms with Crippen molar-refractivity contribution in [3.8, 4) is 5.82 Å². The van der Waals surface area contributed by atoms with E-state index in [1.165, 1.54) is 16.9 Å². The Morgan fingerprint density at radius 2 is 1.86 bits per heavy atom. The normalized spacial score (nSPS) is 18.2. The van der Waals surface area contributed by atoms with Crippen LogP contribution in [0.15, 0.2) is 24.5 Å². The quantitative estimate of drug-likeness (QED) is 0.757. The lowest BCUT2D eigenvalue weighted by Gasteiger charge is -2.38. The Morgan fingerprint density at radius 1 is 1.14 bits per heavy atom. The molecule has 1 amide bonds. The second kappa shape index (κ2) is 8.85. The molecule has 2 aromatic heterocycles. The van der Waals surface area contributed by atoms with Crippen molar-refractivity contribution in [2.45, 2.75) is 25.4 Å². The van der Waals surface area contributed by atoms with Gasteiger partial charge >= 0.3 is 6.18 Å². The van der Waals surface area contributed by atoms with Gasteiger partial charge in [-0.25, -0.2) is 9.67 Å². The lowest BCUT2D eigenvalue weighted by atomic mass is 9.78. The van der Waals surface area contributed by atoms with Gasteiger partial charge in [-0.3, -0.25) is 4.79 Å². The molecule has 0 saturated carbocycles. The van der Waals surface area contributed by atoms with E-state index < -0.39 is 11.7 Å². The third-order valence-corrected chi connectivity index (χ3v) is 5.47. The molecule has 0 aliphatic carbocycles. The molecule has 29 heavy (non-hydrogen) atoms. The first kappa shape index (κ1) is 23.4. The van der Waals surface area contributed by atoms with E-state index in [1.807, 2.05) is 0 Å². The third-order valence-electron chi connectivity index (χ3n) is 5.47. The molecule has 0 radical (unpaired) electrons. The Kier molecular flexibility index (Phi) is 7.13. The zero-order chi connectivity index (χ0) is 19.1. The van der Waals surface area contributed by atoms with Crippen molar-refractivity contribution in [1.29, 1.82) is 0 Å². The van der Waals surface area contributed by atoms with Gasteiger partial charge in [-0.05, 0) is 43.4 Å². The summed E-state index contributed by atoms with van der Waals surface area (Å²) in [6, 6.07) is 2.12. The number of piperidine rings is 1. The monoisotopic (exact) mass is 452 g/mol. The summed E-state index contributed by atoms with van der Waals surface area (Å²) in [6.45, 7) is 3.38. The summed E-state index contributed by atoms with van der Waals surface area (Å²) in [5.41, 5.74) is -0.373. The van der Waals surface area contributed by atoms with Crippen LogP contribution in [0.2, 0.25) is 0 Å². The second-order valence-corrected chi connectivity index (χ2v) is 7.17. The molecular weight excluding hydrogens is 432 g/mol. The van der Waals surface area contributed by atoms with Crippen LogP contribution in [0.4, 0.5) is 13.2 Å². The Balaban J connectivity index is 0.00000150. The number of nitrogens with one attached hydrogen (secondary N) is 1. The first-order valence-corrected chi connectivity index (χ1v) is 8.82. The van der Waals surface area contributed by atoms with Gasteiger partial charge in [0.25, 0.3) is 5.91 Å². The number of hydrogen-bond acceptors (Lipinski definition) is 5. The molecule has 0 atom stereocenters. The number of alkyl halides is 3. The summed E-state index contributed by atoms with van der Waals surface area (Å²) in [7, 11) is 0. The van der Waals surface area contributed by atoms with Crippen LogP contribution in [-0.4, -0.2) is 57.0 Å². The van der Waals surface area contributed by atoms with Crippen LogP contribution in [0.5, 0.6) is 0 Å². The lowest BCUT2D eigenvalue weighted by molar-refractivity contribution is -0.137. The predicted molar refractivity (Wildman–Crippen MR) is 104 cm³/mol. The van der Waals surface area contributed by atoms with Crippen LogP contribution in [0.1, 0.15) is 35.3 Å². The van der Waals surface area contributed by atoms with E-state index in [2.05, 4.69) is 20.6 Å². The van der Waals surface area contributed by atoms with Crippen LogP contribution in [0.3, 0.4) is 0 Å². The molecule has 4 rings (SSSR count). The van der Waals surface area contributed by atoms with Crippen molar-refractivity contribution in [2.24, 2.45) is 5.41 Å². The smallest absolute Gasteiger partial charge is 0.337 e. The van der Waals surface area contributed by atoms with Crippen molar-refractivity contribution in [1.82, 2.24) is 30.2 Å². The maximum absolute atomic E-state index is 12.7. The summed E-state index contributed by atoms with van der Waals surface area (Å²) >= 11 is 0. The summed E-state index contributed by atoms with van der Waals surface area (Å²) in [4.78, 5) is 18.2. The molecule has 0 unspecified atom stereocenters. The molecule has 7 nitrogen and oxygen atoms in total. The number of aromatic nitrogens is 4. The Morgan fingerprint density at radius 3 is 2.41 bits per heavy atom. The van der Waals surface area contributed by atoms with E-state index in [1.54, 1.807) is 4.90 Å². The molecule has 2 saturated heterocycles. The van der Waals surface area contributed by atoms with Gasteiger partial charge in [-0.1, -0.05) is 5.21 Å². The molecule has 1 N–H and O–H groups in total. The molecule has 2 aliphatic heterocycles. The van der Waals surface area contributed by atoms with Gasteiger partial charge in [-0.15, -0.1) is 29.9 Å². The van der Waals surface area contributed by atoms with Gasteiger partial charge in [0.15, 0.2) is 11.5 Å². The molecule has 0 bridgehead atoms. The maximum Gasteiger partial charge on any atom is 0.417 e. The van der Waals surface area contributed by atoms with Crippen LogP contribution in [0.25, 0.3) is 5.82 Å². The van der Waals surface area contributed by atoms with E-state index in [4.69, 9.17) is 0 Å². The van der Waals surface area contributed by atoms with E-state index in [-0.39, 0.29) is 42.2 Å². The minimum absolute atomic E-state index is 0.